The molecule has 0 atom stereocenters. The van der Waals surface area contributed by atoms with Crippen LogP contribution < -0.4 is 10.1 Å². The first-order chi connectivity index (χ1) is 12.1. The molecule has 0 radical (unpaired) electrons. The van der Waals surface area contributed by atoms with Gasteiger partial charge in [-0.25, -0.2) is 0 Å². The zero-order valence-corrected chi connectivity index (χ0v) is 15.2. The molecule has 5 nitrogen and oxygen atoms in total. The van der Waals surface area contributed by atoms with Gasteiger partial charge in [-0.1, -0.05) is 46.3 Å². The van der Waals surface area contributed by atoms with E-state index >= 15 is 0 Å². The van der Waals surface area contributed by atoms with E-state index in [-0.39, 0.29) is 5.91 Å². The number of hydrogen-bond donors (Lipinski definition) is 1. The first kappa shape index (κ1) is 17.1. The summed E-state index contributed by atoms with van der Waals surface area (Å²) in [6, 6.07) is 15.1. The number of anilines is 1. The van der Waals surface area contributed by atoms with Gasteiger partial charge < -0.3 is 10.1 Å². The maximum absolute atomic E-state index is 12.7. The predicted molar refractivity (Wildman–Crippen MR) is 99.6 cm³/mol. The molecular weight excluding hydrogens is 382 g/mol. The molecule has 1 amide bonds. The van der Waals surface area contributed by atoms with Crippen LogP contribution >= 0.6 is 15.9 Å². The molecule has 0 bridgehead atoms. The van der Waals surface area contributed by atoms with Gasteiger partial charge in [0.05, 0.1) is 23.6 Å². The highest BCUT2D eigenvalue weighted by molar-refractivity contribution is 9.10. The first-order valence-electron chi connectivity index (χ1n) is 7.68. The zero-order chi connectivity index (χ0) is 17.6. The van der Waals surface area contributed by atoms with Gasteiger partial charge in [-0.05, 0) is 36.2 Å². The minimum atomic E-state index is -0.258. The number of ether oxygens (including phenoxy) is 1. The monoisotopic (exact) mass is 397 g/mol. The smallest absolute Gasteiger partial charge is 0.259 e. The standard InChI is InChI=1S/C19H16BrN3O2/c1-13-9-16(19(24)23-15-7-8-21-22-11-15)18(10-17(13)20)25-12-14-5-3-2-4-6-14/h2-11H,12H2,1H3,(H,21,23,24). The van der Waals surface area contributed by atoms with Crippen LogP contribution in [0.2, 0.25) is 0 Å². The van der Waals surface area contributed by atoms with Gasteiger partial charge >= 0.3 is 0 Å². The van der Waals surface area contributed by atoms with Crippen LogP contribution in [0.15, 0.2) is 65.4 Å². The van der Waals surface area contributed by atoms with E-state index in [1.165, 1.54) is 12.4 Å². The van der Waals surface area contributed by atoms with E-state index < -0.39 is 0 Å². The van der Waals surface area contributed by atoms with Gasteiger partial charge in [0, 0.05) is 4.47 Å². The van der Waals surface area contributed by atoms with Crippen LogP contribution in [0.5, 0.6) is 5.75 Å². The number of amides is 1. The molecule has 0 aliphatic heterocycles. The van der Waals surface area contributed by atoms with Crippen molar-refractivity contribution in [3.63, 3.8) is 0 Å². The third-order valence-corrected chi connectivity index (χ3v) is 4.44. The van der Waals surface area contributed by atoms with E-state index in [0.717, 1.165) is 15.6 Å². The normalized spacial score (nSPS) is 10.3. The first-order valence-corrected chi connectivity index (χ1v) is 8.47. The molecule has 1 heterocycles. The second-order valence-corrected chi connectivity index (χ2v) is 6.31. The van der Waals surface area contributed by atoms with E-state index in [1.54, 1.807) is 12.1 Å². The van der Waals surface area contributed by atoms with Gasteiger partial charge in [0.2, 0.25) is 0 Å². The molecule has 0 saturated carbocycles. The van der Waals surface area contributed by atoms with Gasteiger partial charge in [0.15, 0.2) is 0 Å². The van der Waals surface area contributed by atoms with Crippen molar-refractivity contribution in [2.75, 3.05) is 5.32 Å². The highest BCUT2D eigenvalue weighted by Crippen LogP contribution is 2.28. The number of rotatable bonds is 5. The number of benzene rings is 2. The summed E-state index contributed by atoms with van der Waals surface area (Å²) in [5.74, 6) is 0.257. The Bertz CT molecular complexity index is 871. The number of carbonyl (C=O) groups is 1. The van der Waals surface area contributed by atoms with E-state index in [4.69, 9.17) is 4.74 Å². The summed E-state index contributed by atoms with van der Waals surface area (Å²) in [6.07, 6.45) is 3.02. The fourth-order valence-corrected chi connectivity index (χ4v) is 2.58. The minimum Gasteiger partial charge on any atom is -0.488 e. The Morgan fingerprint density at radius 3 is 2.68 bits per heavy atom. The number of nitrogens with zero attached hydrogens (tertiary/aromatic N) is 2. The Labute approximate surface area is 154 Å². The molecule has 3 rings (SSSR count). The van der Waals surface area contributed by atoms with Crippen molar-refractivity contribution in [2.24, 2.45) is 0 Å². The Morgan fingerprint density at radius 1 is 1.16 bits per heavy atom. The minimum absolute atomic E-state index is 0.258. The fourth-order valence-electron chi connectivity index (χ4n) is 2.26. The molecule has 0 unspecified atom stereocenters. The van der Waals surface area contributed by atoms with Gasteiger partial charge in [0.25, 0.3) is 5.91 Å². The molecule has 126 valence electrons. The van der Waals surface area contributed by atoms with Crippen LogP contribution in [0.4, 0.5) is 5.69 Å². The second-order valence-electron chi connectivity index (χ2n) is 5.46. The van der Waals surface area contributed by atoms with Crippen molar-refractivity contribution in [3.8, 4) is 5.75 Å². The van der Waals surface area contributed by atoms with Crippen LogP contribution in [-0.2, 0) is 6.61 Å². The Hall–Kier alpha value is -2.73. The molecule has 0 fully saturated rings. The number of hydrogen-bond acceptors (Lipinski definition) is 4. The molecule has 1 N–H and O–H groups in total. The Morgan fingerprint density at radius 2 is 1.96 bits per heavy atom. The van der Waals surface area contributed by atoms with Crippen molar-refractivity contribution in [2.45, 2.75) is 13.5 Å². The molecule has 6 heteroatoms. The van der Waals surface area contributed by atoms with E-state index in [2.05, 4.69) is 31.4 Å². The Kier molecular flexibility index (Phi) is 5.40. The van der Waals surface area contributed by atoms with Crippen LogP contribution in [-0.4, -0.2) is 16.1 Å². The summed E-state index contributed by atoms with van der Waals surface area (Å²) in [6.45, 7) is 2.31. The third-order valence-electron chi connectivity index (χ3n) is 3.58. The molecule has 1 aromatic heterocycles. The van der Waals surface area contributed by atoms with Crippen molar-refractivity contribution in [1.29, 1.82) is 0 Å². The van der Waals surface area contributed by atoms with Crippen molar-refractivity contribution >= 4 is 27.5 Å². The lowest BCUT2D eigenvalue weighted by atomic mass is 10.1. The number of aryl methyl sites for hydroxylation is 1. The maximum atomic E-state index is 12.7. The van der Waals surface area contributed by atoms with Gasteiger partial charge in [-0.2, -0.15) is 10.2 Å². The molecule has 3 aromatic rings. The summed E-state index contributed by atoms with van der Waals surface area (Å²) in [5.41, 5.74) is 3.02. The summed E-state index contributed by atoms with van der Waals surface area (Å²) in [7, 11) is 0. The summed E-state index contributed by atoms with van der Waals surface area (Å²) in [5, 5.41) is 10.3. The van der Waals surface area contributed by atoms with E-state index in [9.17, 15) is 4.79 Å². The third kappa shape index (κ3) is 4.42. The topological polar surface area (TPSA) is 64.1 Å². The SMILES string of the molecule is Cc1cc(C(=O)Nc2ccnnc2)c(OCc2ccccc2)cc1Br. The molecular formula is C19H16BrN3O2. The van der Waals surface area contributed by atoms with Gasteiger partial charge in [-0.3, -0.25) is 4.79 Å². The van der Waals surface area contributed by atoms with Crippen molar-refractivity contribution < 1.29 is 9.53 Å². The zero-order valence-electron chi connectivity index (χ0n) is 13.6. The molecule has 0 saturated heterocycles. The second kappa shape index (κ2) is 7.90. The van der Waals surface area contributed by atoms with E-state index in [1.807, 2.05) is 43.3 Å². The lowest BCUT2D eigenvalue weighted by Crippen LogP contribution is -2.14. The van der Waals surface area contributed by atoms with Crippen LogP contribution in [0, 0.1) is 6.92 Å². The van der Waals surface area contributed by atoms with Crippen LogP contribution in [0.1, 0.15) is 21.5 Å². The highest BCUT2D eigenvalue weighted by Gasteiger charge is 2.15. The molecule has 0 spiro atoms. The fraction of sp³-hybridized carbons (Fsp3) is 0.105. The number of carbonyl (C=O) groups excluding carboxylic acids is 1. The lowest BCUT2D eigenvalue weighted by molar-refractivity contribution is 0.102. The molecule has 25 heavy (non-hydrogen) atoms. The average Bonchev–Trinajstić information content (AvgIpc) is 2.64. The van der Waals surface area contributed by atoms with Gasteiger partial charge in [0.1, 0.15) is 12.4 Å². The van der Waals surface area contributed by atoms with Crippen molar-refractivity contribution in [3.05, 3.63) is 82.1 Å². The molecule has 2 aromatic carbocycles. The molecule has 0 aliphatic rings. The maximum Gasteiger partial charge on any atom is 0.259 e. The number of nitrogens with one attached hydrogen (secondary N) is 1. The van der Waals surface area contributed by atoms with Crippen LogP contribution in [0.3, 0.4) is 0 Å². The predicted octanol–water partition coefficient (Wildman–Crippen LogP) is 4.38. The lowest BCUT2D eigenvalue weighted by Gasteiger charge is -2.14. The average molecular weight is 398 g/mol. The Balaban J connectivity index is 1.84. The summed E-state index contributed by atoms with van der Waals surface area (Å²) in [4.78, 5) is 12.7. The number of aromatic nitrogens is 2. The number of halogens is 1. The largest absolute Gasteiger partial charge is 0.488 e. The summed E-state index contributed by atoms with van der Waals surface area (Å²) >= 11 is 3.49. The summed E-state index contributed by atoms with van der Waals surface area (Å²) < 4.78 is 6.79. The van der Waals surface area contributed by atoms with Crippen LogP contribution in [0.25, 0.3) is 0 Å². The van der Waals surface area contributed by atoms with Gasteiger partial charge in [-0.15, -0.1) is 0 Å². The quantitative estimate of drug-likeness (QED) is 0.693. The molecule has 0 aliphatic carbocycles. The van der Waals surface area contributed by atoms with Crippen molar-refractivity contribution in [1.82, 2.24) is 10.2 Å². The van der Waals surface area contributed by atoms with E-state index in [0.29, 0.717) is 23.6 Å². The highest BCUT2D eigenvalue weighted by atomic mass is 79.9.